The number of nitrogens with two attached hydrogens (primary N) is 1. The minimum absolute atomic E-state index is 0.191. The number of benzene rings is 3. The number of carbonyl (C=O) groups excluding carboxylic acids is 2. The van der Waals surface area contributed by atoms with E-state index >= 15 is 0 Å². The first kappa shape index (κ1) is 16.9. The molecule has 0 saturated carbocycles. The molecular formula is C21H15N3O2S. The van der Waals surface area contributed by atoms with Crippen LogP contribution < -0.4 is 11.1 Å². The molecule has 1 heterocycles. The number of anilines is 2. The van der Waals surface area contributed by atoms with Crippen molar-refractivity contribution in [3.05, 3.63) is 77.9 Å². The molecule has 5 nitrogen and oxygen atoms in total. The lowest BCUT2D eigenvalue weighted by Gasteiger charge is -2.06. The van der Waals surface area contributed by atoms with E-state index in [1.165, 1.54) is 0 Å². The van der Waals surface area contributed by atoms with E-state index in [2.05, 4.69) is 10.3 Å². The minimum atomic E-state index is -0.191. The number of thiazole rings is 1. The summed E-state index contributed by atoms with van der Waals surface area (Å²) < 4.78 is 1.02. The maximum Gasteiger partial charge on any atom is 0.255 e. The van der Waals surface area contributed by atoms with Gasteiger partial charge in [0.2, 0.25) is 0 Å². The van der Waals surface area contributed by atoms with E-state index in [0.717, 1.165) is 27.1 Å². The zero-order valence-corrected chi connectivity index (χ0v) is 15.0. The van der Waals surface area contributed by atoms with Gasteiger partial charge in [-0.2, -0.15) is 0 Å². The third-order valence-corrected chi connectivity index (χ3v) is 5.20. The van der Waals surface area contributed by atoms with Gasteiger partial charge in [-0.25, -0.2) is 4.98 Å². The maximum absolute atomic E-state index is 12.3. The van der Waals surface area contributed by atoms with Crippen molar-refractivity contribution in [2.75, 3.05) is 11.1 Å². The van der Waals surface area contributed by atoms with Gasteiger partial charge in [-0.05, 0) is 60.7 Å². The molecule has 6 heteroatoms. The number of nitrogen functional groups attached to an aromatic ring is 1. The first-order chi connectivity index (χ1) is 13.1. The Morgan fingerprint density at radius 1 is 1.00 bits per heavy atom. The van der Waals surface area contributed by atoms with Crippen LogP contribution >= 0.6 is 11.3 Å². The Kier molecular flexibility index (Phi) is 4.40. The highest BCUT2D eigenvalue weighted by Gasteiger charge is 2.09. The number of aromatic nitrogens is 1. The van der Waals surface area contributed by atoms with Crippen LogP contribution in [0, 0.1) is 0 Å². The lowest BCUT2D eigenvalue weighted by Crippen LogP contribution is -2.11. The third-order valence-electron chi connectivity index (χ3n) is 4.11. The molecule has 1 amide bonds. The predicted molar refractivity (Wildman–Crippen MR) is 109 cm³/mol. The number of nitrogens with one attached hydrogen (secondary N) is 1. The van der Waals surface area contributed by atoms with Gasteiger partial charge in [0.25, 0.3) is 5.91 Å². The molecule has 0 atom stereocenters. The van der Waals surface area contributed by atoms with Gasteiger partial charge < -0.3 is 11.1 Å². The second-order valence-corrected chi connectivity index (χ2v) is 7.05. The molecule has 3 N–H and O–H groups in total. The Labute approximate surface area is 159 Å². The van der Waals surface area contributed by atoms with Crippen molar-refractivity contribution in [2.24, 2.45) is 0 Å². The van der Waals surface area contributed by atoms with Gasteiger partial charge in [0.15, 0.2) is 0 Å². The molecule has 1 aromatic heterocycles. The molecule has 4 aromatic rings. The number of fused-ring (bicyclic) bond motifs is 1. The normalized spacial score (nSPS) is 10.7. The first-order valence-corrected chi connectivity index (χ1v) is 9.07. The topological polar surface area (TPSA) is 85.1 Å². The van der Waals surface area contributed by atoms with E-state index in [9.17, 15) is 9.59 Å². The quantitative estimate of drug-likeness (QED) is 0.404. The maximum atomic E-state index is 12.3. The summed E-state index contributed by atoms with van der Waals surface area (Å²) in [7, 11) is 0. The van der Waals surface area contributed by atoms with Gasteiger partial charge in [0.05, 0.1) is 10.2 Å². The SMILES string of the molecule is Nc1ccc(C(=O)Nc2ccc(-c3nc4cc(C=O)ccc4s3)cc2)cc1. The van der Waals surface area contributed by atoms with E-state index in [0.29, 0.717) is 22.5 Å². The smallest absolute Gasteiger partial charge is 0.255 e. The Morgan fingerprint density at radius 3 is 2.44 bits per heavy atom. The zero-order chi connectivity index (χ0) is 18.8. The monoisotopic (exact) mass is 373 g/mol. The van der Waals surface area contributed by atoms with E-state index in [4.69, 9.17) is 5.73 Å². The van der Waals surface area contributed by atoms with Crippen LogP contribution in [0.5, 0.6) is 0 Å². The second-order valence-electron chi connectivity index (χ2n) is 6.02. The van der Waals surface area contributed by atoms with Crippen LogP contribution in [0.4, 0.5) is 11.4 Å². The summed E-state index contributed by atoms with van der Waals surface area (Å²) in [5.41, 5.74) is 9.87. The molecule has 0 fully saturated rings. The molecule has 4 rings (SSSR count). The molecule has 0 aliphatic carbocycles. The molecule has 27 heavy (non-hydrogen) atoms. The molecule has 0 aliphatic heterocycles. The van der Waals surface area contributed by atoms with Gasteiger partial charge in [0.1, 0.15) is 11.3 Å². The van der Waals surface area contributed by atoms with Crippen molar-refractivity contribution in [1.29, 1.82) is 0 Å². The molecule has 0 spiro atoms. The number of carbonyl (C=O) groups is 2. The highest BCUT2D eigenvalue weighted by Crippen LogP contribution is 2.31. The van der Waals surface area contributed by atoms with Crippen molar-refractivity contribution >= 4 is 45.1 Å². The summed E-state index contributed by atoms with van der Waals surface area (Å²) in [4.78, 5) is 27.8. The Morgan fingerprint density at radius 2 is 1.74 bits per heavy atom. The summed E-state index contributed by atoms with van der Waals surface area (Å²) in [6, 6.07) is 19.7. The van der Waals surface area contributed by atoms with Crippen molar-refractivity contribution in [3.63, 3.8) is 0 Å². The first-order valence-electron chi connectivity index (χ1n) is 8.25. The number of hydrogen-bond acceptors (Lipinski definition) is 5. The fourth-order valence-electron chi connectivity index (χ4n) is 2.68. The summed E-state index contributed by atoms with van der Waals surface area (Å²) in [6.07, 6.45) is 0.816. The Hall–Kier alpha value is -3.51. The van der Waals surface area contributed by atoms with E-state index in [-0.39, 0.29) is 5.91 Å². The molecule has 3 aromatic carbocycles. The summed E-state index contributed by atoms with van der Waals surface area (Å²) >= 11 is 1.56. The van der Waals surface area contributed by atoms with Crippen molar-refractivity contribution in [3.8, 4) is 10.6 Å². The molecule has 0 bridgehead atoms. The van der Waals surface area contributed by atoms with Crippen LogP contribution in [0.25, 0.3) is 20.8 Å². The predicted octanol–water partition coefficient (Wildman–Crippen LogP) is 4.61. The standard InChI is InChI=1S/C21H15N3O2S/c22-16-6-2-14(3-7-16)20(26)23-17-8-4-15(5-9-17)21-24-18-11-13(12-25)1-10-19(18)27-21/h1-12H,22H2,(H,23,26). The van der Waals surface area contributed by atoms with Crippen LogP contribution in [0.3, 0.4) is 0 Å². The largest absolute Gasteiger partial charge is 0.399 e. The average molecular weight is 373 g/mol. The molecule has 0 unspecified atom stereocenters. The van der Waals surface area contributed by atoms with Gasteiger partial charge in [-0.1, -0.05) is 6.07 Å². The van der Waals surface area contributed by atoms with Crippen molar-refractivity contribution in [2.45, 2.75) is 0 Å². The molecular weight excluding hydrogens is 358 g/mol. The van der Waals surface area contributed by atoms with Crippen LogP contribution in [0.2, 0.25) is 0 Å². The number of amides is 1. The lowest BCUT2D eigenvalue weighted by atomic mass is 10.1. The fourth-order valence-corrected chi connectivity index (χ4v) is 3.63. The van der Waals surface area contributed by atoms with Crippen molar-refractivity contribution in [1.82, 2.24) is 4.98 Å². The van der Waals surface area contributed by atoms with Gasteiger partial charge in [-0.15, -0.1) is 11.3 Å². The minimum Gasteiger partial charge on any atom is -0.399 e. The van der Waals surface area contributed by atoms with Gasteiger partial charge >= 0.3 is 0 Å². The van der Waals surface area contributed by atoms with Crippen LogP contribution in [-0.2, 0) is 0 Å². The molecule has 0 aliphatic rings. The summed E-state index contributed by atoms with van der Waals surface area (Å²) in [5.74, 6) is -0.191. The summed E-state index contributed by atoms with van der Waals surface area (Å²) in [6.45, 7) is 0. The molecule has 0 saturated heterocycles. The van der Waals surface area contributed by atoms with E-state index in [1.54, 1.807) is 47.7 Å². The third kappa shape index (κ3) is 3.56. The summed E-state index contributed by atoms with van der Waals surface area (Å²) in [5, 5.41) is 3.73. The van der Waals surface area contributed by atoms with Crippen LogP contribution in [0.15, 0.2) is 66.7 Å². The second kappa shape index (κ2) is 7.01. The fraction of sp³-hybridized carbons (Fsp3) is 0. The van der Waals surface area contributed by atoms with E-state index < -0.39 is 0 Å². The van der Waals surface area contributed by atoms with Gasteiger partial charge in [-0.3, -0.25) is 9.59 Å². The number of aldehydes is 1. The number of rotatable bonds is 4. The molecule has 0 radical (unpaired) electrons. The van der Waals surface area contributed by atoms with Crippen molar-refractivity contribution < 1.29 is 9.59 Å². The highest BCUT2D eigenvalue weighted by molar-refractivity contribution is 7.21. The average Bonchev–Trinajstić information content (AvgIpc) is 3.12. The Balaban J connectivity index is 1.54. The van der Waals surface area contributed by atoms with Crippen LogP contribution in [-0.4, -0.2) is 17.2 Å². The highest BCUT2D eigenvalue weighted by atomic mass is 32.1. The lowest BCUT2D eigenvalue weighted by molar-refractivity contribution is 0.102. The van der Waals surface area contributed by atoms with Crippen LogP contribution in [0.1, 0.15) is 20.7 Å². The zero-order valence-electron chi connectivity index (χ0n) is 14.2. The van der Waals surface area contributed by atoms with E-state index in [1.807, 2.05) is 30.3 Å². The number of hydrogen-bond donors (Lipinski definition) is 2. The number of nitrogens with zero attached hydrogens (tertiary/aromatic N) is 1. The Bertz CT molecular complexity index is 1130. The molecule has 132 valence electrons. The van der Waals surface area contributed by atoms with Gasteiger partial charge in [0, 0.05) is 28.1 Å².